The maximum absolute atomic E-state index is 13.7. The molecule has 1 aliphatic heterocycles. The van der Waals surface area contributed by atoms with Gasteiger partial charge in [0.15, 0.2) is 0 Å². The lowest BCUT2D eigenvalue weighted by Crippen LogP contribution is -2.55. The summed E-state index contributed by atoms with van der Waals surface area (Å²) in [6.45, 7) is 0. The highest BCUT2D eigenvalue weighted by Gasteiger charge is 2.41. The van der Waals surface area contributed by atoms with Crippen LogP contribution < -0.4 is 10.0 Å². The van der Waals surface area contributed by atoms with Gasteiger partial charge < -0.3 is 5.32 Å². The third-order valence-corrected chi connectivity index (χ3v) is 6.53. The van der Waals surface area contributed by atoms with Crippen molar-refractivity contribution in [2.24, 2.45) is 0 Å². The fraction of sp³-hybridized carbons (Fsp3) is 0.267. The van der Waals surface area contributed by atoms with Crippen molar-refractivity contribution in [1.82, 2.24) is 9.03 Å². The van der Waals surface area contributed by atoms with Gasteiger partial charge in [-0.1, -0.05) is 6.07 Å². The van der Waals surface area contributed by atoms with Crippen LogP contribution in [-0.4, -0.2) is 31.7 Å². The van der Waals surface area contributed by atoms with E-state index in [2.05, 4.69) is 10.0 Å². The van der Waals surface area contributed by atoms with E-state index in [9.17, 15) is 22.0 Å². The fourth-order valence-corrected chi connectivity index (χ4v) is 4.72. The molecule has 1 aromatic carbocycles. The minimum absolute atomic E-state index is 0.185. The Labute approximate surface area is 147 Å². The first-order chi connectivity index (χ1) is 11.8. The molecule has 134 valence electrons. The van der Waals surface area contributed by atoms with Crippen LogP contribution in [0.15, 0.2) is 35.7 Å². The molecule has 0 radical (unpaired) electrons. The Kier molecular flexibility index (Phi) is 4.87. The summed E-state index contributed by atoms with van der Waals surface area (Å²) in [4.78, 5) is 13.3. The monoisotopic (exact) mass is 387 g/mol. The predicted molar refractivity (Wildman–Crippen MR) is 90.3 cm³/mol. The van der Waals surface area contributed by atoms with Gasteiger partial charge in [-0.3, -0.25) is 4.79 Å². The van der Waals surface area contributed by atoms with Crippen LogP contribution in [0.4, 0.5) is 14.5 Å². The molecule has 2 unspecified atom stereocenters. The zero-order chi connectivity index (χ0) is 18.2. The van der Waals surface area contributed by atoms with Gasteiger partial charge in [-0.05, 0) is 30.0 Å². The first-order valence-corrected chi connectivity index (χ1v) is 9.64. The molecule has 2 aromatic rings. The van der Waals surface area contributed by atoms with Crippen LogP contribution in [0.25, 0.3) is 0 Å². The van der Waals surface area contributed by atoms with Crippen molar-refractivity contribution in [1.29, 1.82) is 0 Å². The highest BCUT2D eigenvalue weighted by Crippen LogP contribution is 2.31. The molecule has 10 heteroatoms. The maximum atomic E-state index is 13.7. The van der Waals surface area contributed by atoms with Crippen molar-refractivity contribution in [2.45, 2.75) is 18.5 Å². The van der Waals surface area contributed by atoms with E-state index in [0.29, 0.717) is 6.07 Å². The Morgan fingerprint density at radius 2 is 2.12 bits per heavy atom. The Morgan fingerprint density at radius 1 is 1.36 bits per heavy atom. The molecule has 2 atom stereocenters. The topological polar surface area (TPSA) is 78.5 Å². The summed E-state index contributed by atoms with van der Waals surface area (Å²) < 4.78 is 54.7. The zero-order valence-corrected chi connectivity index (χ0v) is 14.7. The van der Waals surface area contributed by atoms with Gasteiger partial charge in [-0.2, -0.15) is 17.4 Å². The molecule has 0 bridgehead atoms. The Balaban J connectivity index is 1.84. The van der Waals surface area contributed by atoms with Crippen LogP contribution in [0.5, 0.6) is 0 Å². The van der Waals surface area contributed by atoms with E-state index in [1.54, 1.807) is 12.1 Å². The number of anilines is 1. The second-order valence-electron chi connectivity index (χ2n) is 5.57. The smallest absolute Gasteiger partial charge is 0.280 e. The highest BCUT2D eigenvalue weighted by molar-refractivity contribution is 7.87. The third kappa shape index (κ3) is 3.71. The lowest BCUT2D eigenvalue weighted by molar-refractivity contribution is -0.120. The van der Waals surface area contributed by atoms with Gasteiger partial charge in [-0.25, -0.2) is 8.78 Å². The molecular formula is C15H15F2N3O3S2. The number of likely N-dealkylation sites (N-methyl/N-ethyl adjacent to an activating group) is 1. The highest BCUT2D eigenvalue weighted by atomic mass is 32.2. The standard InChI is InChI=1S/C15H15F2N3O3S2/c1-20-13(15(21)18-11-5-4-9(16)7-10(11)17)8-12(19-25(20,22)23)14-3-2-6-24-14/h2-7,12-13,19H,8H2,1H3,(H,18,21). The first kappa shape index (κ1) is 17.9. The molecule has 0 spiro atoms. The molecule has 0 aliphatic carbocycles. The van der Waals surface area contributed by atoms with E-state index in [4.69, 9.17) is 0 Å². The van der Waals surface area contributed by atoms with E-state index >= 15 is 0 Å². The number of carbonyl (C=O) groups is 1. The molecule has 2 N–H and O–H groups in total. The number of rotatable bonds is 3. The summed E-state index contributed by atoms with van der Waals surface area (Å²) in [6, 6.07) is 4.74. The Morgan fingerprint density at radius 3 is 2.76 bits per heavy atom. The second kappa shape index (κ2) is 6.79. The molecule has 1 aromatic heterocycles. The summed E-state index contributed by atoms with van der Waals surface area (Å²) in [6.07, 6.45) is 0.185. The van der Waals surface area contributed by atoms with E-state index in [1.807, 2.05) is 5.38 Å². The molecule has 1 aliphatic rings. The number of nitrogens with one attached hydrogen (secondary N) is 2. The fourth-order valence-electron chi connectivity index (χ4n) is 2.59. The van der Waals surface area contributed by atoms with Gasteiger partial charge in [0, 0.05) is 18.0 Å². The maximum Gasteiger partial charge on any atom is 0.280 e. The number of halogens is 2. The lowest BCUT2D eigenvalue weighted by atomic mass is 10.1. The van der Waals surface area contributed by atoms with Gasteiger partial charge >= 0.3 is 0 Å². The number of hydrogen-bond acceptors (Lipinski definition) is 4. The van der Waals surface area contributed by atoms with Gasteiger partial charge in [0.25, 0.3) is 10.2 Å². The third-order valence-electron chi connectivity index (χ3n) is 3.95. The molecule has 1 fully saturated rings. The van der Waals surface area contributed by atoms with Crippen molar-refractivity contribution < 1.29 is 22.0 Å². The van der Waals surface area contributed by atoms with Gasteiger partial charge in [0.1, 0.15) is 17.7 Å². The van der Waals surface area contributed by atoms with Crippen LogP contribution in [0.1, 0.15) is 17.3 Å². The molecular weight excluding hydrogens is 372 g/mol. The predicted octanol–water partition coefficient (Wildman–Crippen LogP) is 2.24. The number of hydrogen-bond donors (Lipinski definition) is 2. The summed E-state index contributed by atoms with van der Waals surface area (Å²) in [7, 11) is -2.59. The molecule has 0 saturated carbocycles. The molecule has 1 amide bonds. The minimum atomic E-state index is -3.86. The average molecular weight is 387 g/mol. The van der Waals surface area contributed by atoms with Crippen LogP contribution in [-0.2, 0) is 15.0 Å². The van der Waals surface area contributed by atoms with E-state index in [1.165, 1.54) is 18.4 Å². The van der Waals surface area contributed by atoms with Crippen molar-refractivity contribution in [3.05, 3.63) is 52.2 Å². The quantitative estimate of drug-likeness (QED) is 0.848. The summed E-state index contributed by atoms with van der Waals surface area (Å²) >= 11 is 1.37. The largest absolute Gasteiger partial charge is 0.322 e. The number of thiophene rings is 1. The number of benzene rings is 1. The molecule has 3 rings (SSSR count). The summed E-state index contributed by atoms with van der Waals surface area (Å²) in [5, 5.41) is 4.14. The van der Waals surface area contributed by atoms with Gasteiger partial charge in [0.2, 0.25) is 5.91 Å². The van der Waals surface area contributed by atoms with Crippen molar-refractivity contribution in [2.75, 3.05) is 12.4 Å². The Hall–Kier alpha value is -1.88. The van der Waals surface area contributed by atoms with Crippen molar-refractivity contribution in [3.8, 4) is 0 Å². The molecule has 6 nitrogen and oxygen atoms in total. The zero-order valence-electron chi connectivity index (χ0n) is 13.1. The molecule has 1 saturated heterocycles. The number of carbonyl (C=O) groups excluding carboxylic acids is 1. The molecule has 25 heavy (non-hydrogen) atoms. The van der Waals surface area contributed by atoms with Crippen LogP contribution in [0.3, 0.4) is 0 Å². The average Bonchev–Trinajstić information content (AvgIpc) is 3.07. The summed E-state index contributed by atoms with van der Waals surface area (Å²) in [5.74, 6) is -2.38. The number of amides is 1. The van der Waals surface area contributed by atoms with Gasteiger partial charge in [-0.15, -0.1) is 11.3 Å². The van der Waals surface area contributed by atoms with Crippen molar-refractivity contribution >= 4 is 33.1 Å². The van der Waals surface area contributed by atoms with Crippen LogP contribution in [0.2, 0.25) is 0 Å². The first-order valence-electron chi connectivity index (χ1n) is 7.32. The number of nitrogens with zero attached hydrogens (tertiary/aromatic N) is 1. The SMILES string of the molecule is CN1C(C(=O)Nc2ccc(F)cc2F)CC(c2cccs2)NS1(=O)=O. The minimum Gasteiger partial charge on any atom is -0.322 e. The molecule has 2 heterocycles. The van der Waals surface area contributed by atoms with Crippen LogP contribution >= 0.6 is 11.3 Å². The second-order valence-corrected chi connectivity index (χ2v) is 8.31. The summed E-state index contributed by atoms with van der Waals surface area (Å²) in [5.41, 5.74) is -0.205. The van der Waals surface area contributed by atoms with E-state index in [-0.39, 0.29) is 12.1 Å². The van der Waals surface area contributed by atoms with Crippen LogP contribution in [0, 0.1) is 11.6 Å². The normalized spacial score (nSPS) is 23.3. The van der Waals surface area contributed by atoms with Crippen molar-refractivity contribution in [3.63, 3.8) is 0 Å². The Bertz CT molecular complexity index is 887. The van der Waals surface area contributed by atoms with E-state index in [0.717, 1.165) is 21.3 Å². The van der Waals surface area contributed by atoms with Gasteiger partial charge in [0.05, 0.1) is 11.7 Å². The lowest BCUT2D eigenvalue weighted by Gasteiger charge is -2.35. The van der Waals surface area contributed by atoms with E-state index < -0.39 is 39.8 Å².